The Labute approximate surface area is 235 Å². The second-order valence-corrected chi connectivity index (χ2v) is 10.2. The molecule has 2 heterocycles. The van der Waals surface area contributed by atoms with Crippen LogP contribution < -0.4 is 0 Å². The fourth-order valence-corrected chi connectivity index (χ4v) is 6.29. The summed E-state index contributed by atoms with van der Waals surface area (Å²) in [5.74, 6) is 0. The van der Waals surface area contributed by atoms with Gasteiger partial charge in [-0.15, -0.1) is 0 Å². The molecule has 5 heteroatoms. The highest BCUT2D eigenvalue weighted by atomic mass is 16.6. The van der Waals surface area contributed by atoms with E-state index in [9.17, 15) is 10.1 Å². The zero-order valence-corrected chi connectivity index (χ0v) is 21.9. The van der Waals surface area contributed by atoms with E-state index >= 15 is 0 Å². The van der Waals surface area contributed by atoms with Gasteiger partial charge in [-0.1, -0.05) is 103 Å². The minimum atomic E-state index is -0.268. The Morgan fingerprint density at radius 3 is 1.24 bits per heavy atom. The number of aromatic nitrogens is 2. The van der Waals surface area contributed by atoms with Gasteiger partial charge >= 0.3 is 0 Å². The minimum absolute atomic E-state index is 0.0672. The highest BCUT2D eigenvalue weighted by molar-refractivity contribution is 6.11. The fourth-order valence-electron chi connectivity index (χ4n) is 6.29. The van der Waals surface area contributed by atoms with Gasteiger partial charge in [0.1, 0.15) is 0 Å². The summed E-state index contributed by atoms with van der Waals surface area (Å²) in [7, 11) is 0. The Hall–Kier alpha value is -5.68. The maximum atomic E-state index is 12.7. The third-order valence-electron chi connectivity index (χ3n) is 8.02. The molecule has 0 fully saturated rings. The molecule has 0 aliphatic heterocycles. The Balaban J connectivity index is 1.60. The van der Waals surface area contributed by atoms with Gasteiger partial charge in [0.2, 0.25) is 0 Å². The molecule has 41 heavy (non-hydrogen) atoms. The summed E-state index contributed by atoms with van der Waals surface area (Å²) in [6.07, 6.45) is 0. The highest BCUT2D eigenvalue weighted by Crippen LogP contribution is 2.42. The Morgan fingerprint density at radius 2 is 0.829 bits per heavy atom. The summed E-state index contributed by atoms with van der Waals surface area (Å²) in [5, 5.41) is 17.1. The Kier molecular flexibility index (Phi) is 5.06. The molecule has 0 aliphatic carbocycles. The lowest BCUT2D eigenvalue weighted by Gasteiger charge is -2.18. The molecule has 2 aromatic heterocycles. The lowest BCUT2D eigenvalue weighted by molar-refractivity contribution is -0.384. The first-order valence-electron chi connectivity index (χ1n) is 13.6. The number of rotatable bonds is 4. The van der Waals surface area contributed by atoms with Crippen molar-refractivity contribution >= 4 is 49.3 Å². The number of fused-ring (bicyclic) bond motifs is 6. The number of hydrogen-bond acceptors (Lipinski definition) is 2. The number of nitrogens with zero attached hydrogens (tertiary/aromatic N) is 3. The second-order valence-electron chi connectivity index (χ2n) is 10.2. The Bertz CT molecular complexity index is 2190. The van der Waals surface area contributed by atoms with Gasteiger partial charge in [-0.2, -0.15) is 0 Å². The summed E-state index contributed by atoms with van der Waals surface area (Å²) in [6.45, 7) is 0. The number of benzene rings is 6. The molecule has 8 rings (SSSR count). The van der Waals surface area contributed by atoms with Gasteiger partial charge in [-0.05, 0) is 35.9 Å². The summed E-state index contributed by atoms with van der Waals surface area (Å²) in [4.78, 5) is 12.4. The van der Waals surface area contributed by atoms with Crippen LogP contribution >= 0.6 is 0 Å². The zero-order valence-electron chi connectivity index (χ0n) is 21.9. The summed E-state index contributed by atoms with van der Waals surface area (Å²) >= 11 is 0. The summed E-state index contributed by atoms with van der Waals surface area (Å²) < 4.78 is 4.42. The van der Waals surface area contributed by atoms with Crippen LogP contribution in [0, 0.1) is 10.1 Å². The number of para-hydroxylation sites is 4. The van der Waals surface area contributed by atoms with E-state index in [4.69, 9.17) is 0 Å². The Morgan fingerprint density at radius 1 is 0.463 bits per heavy atom. The van der Waals surface area contributed by atoms with E-state index in [1.54, 1.807) is 6.07 Å². The molecule has 0 saturated heterocycles. The van der Waals surface area contributed by atoms with Crippen molar-refractivity contribution in [2.45, 2.75) is 0 Å². The monoisotopic (exact) mass is 529 g/mol. The SMILES string of the molecule is O=[N+]([O-])c1cc(-n2c3ccccc3c3ccccc32)c(-n2c3ccccc3c3ccccc32)cc1-c1ccccc1. The molecule has 0 radical (unpaired) electrons. The number of nitro groups is 1. The van der Waals surface area contributed by atoms with Gasteiger partial charge in [0.15, 0.2) is 0 Å². The molecular formula is C36H23N3O2. The molecule has 0 atom stereocenters. The van der Waals surface area contributed by atoms with Crippen LogP contribution in [0.1, 0.15) is 0 Å². The van der Waals surface area contributed by atoms with Gasteiger partial charge in [0, 0.05) is 27.6 Å². The normalized spacial score (nSPS) is 11.6. The highest BCUT2D eigenvalue weighted by Gasteiger charge is 2.25. The van der Waals surface area contributed by atoms with Gasteiger partial charge in [0.25, 0.3) is 5.69 Å². The van der Waals surface area contributed by atoms with E-state index in [1.807, 2.05) is 72.8 Å². The van der Waals surface area contributed by atoms with E-state index in [-0.39, 0.29) is 10.6 Å². The van der Waals surface area contributed by atoms with Crippen molar-refractivity contribution in [3.63, 3.8) is 0 Å². The maximum absolute atomic E-state index is 12.7. The molecule has 0 saturated carbocycles. The molecule has 0 amide bonds. The summed E-state index contributed by atoms with van der Waals surface area (Å²) in [6, 6.07) is 46.6. The van der Waals surface area contributed by atoms with Crippen LogP contribution in [0.15, 0.2) is 140 Å². The van der Waals surface area contributed by atoms with Crippen LogP contribution in [-0.4, -0.2) is 14.1 Å². The first-order chi connectivity index (χ1) is 20.2. The predicted molar refractivity (Wildman–Crippen MR) is 167 cm³/mol. The molecule has 8 aromatic rings. The van der Waals surface area contributed by atoms with Crippen molar-refractivity contribution in [1.82, 2.24) is 9.13 Å². The van der Waals surface area contributed by atoms with Crippen molar-refractivity contribution < 1.29 is 4.92 Å². The average molecular weight is 530 g/mol. The van der Waals surface area contributed by atoms with Gasteiger partial charge in [-0.3, -0.25) is 10.1 Å². The largest absolute Gasteiger partial charge is 0.307 e. The molecular weight excluding hydrogens is 506 g/mol. The average Bonchev–Trinajstić information content (AvgIpc) is 3.54. The molecule has 5 nitrogen and oxygen atoms in total. The molecule has 0 aliphatic rings. The van der Waals surface area contributed by atoms with E-state index in [0.29, 0.717) is 5.56 Å². The third kappa shape index (κ3) is 3.42. The first kappa shape index (κ1) is 23.2. The van der Waals surface area contributed by atoms with Crippen LogP contribution in [0.5, 0.6) is 0 Å². The fraction of sp³-hybridized carbons (Fsp3) is 0. The molecule has 6 aromatic carbocycles. The first-order valence-corrected chi connectivity index (χ1v) is 13.6. The molecule has 0 bridgehead atoms. The van der Waals surface area contributed by atoms with Gasteiger partial charge in [-0.25, -0.2) is 0 Å². The quantitative estimate of drug-likeness (QED) is 0.168. The number of hydrogen-bond donors (Lipinski definition) is 0. The van der Waals surface area contributed by atoms with Crippen molar-refractivity contribution in [2.24, 2.45) is 0 Å². The maximum Gasteiger partial charge on any atom is 0.279 e. The van der Waals surface area contributed by atoms with Gasteiger partial charge < -0.3 is 9.13 Å². The van der Waals surface area contributed by atoms with Crippen molar-refractivity contribution in [2.75, 3.05) is 0 Å². The van der Waals surface area contributed by atoms with E-state index in [0.717, 1.165) is 60.5 Å². The van der Waals surface area contributed by atoms with Crippen LogP contribution in [0.2, 0.25) is 0 Å². The van der Waals surface area contributed by atoms with E-state index in [1.165, 1.54) is 0 Å². The van der Waals surface area contributed by atoms with Crippen molar-refractivity contribution in [3.8, 4) is 22.5 Å². The molecule has 194 valence electrons. The van der Waals surface area contributed by atoms with Crippen molar-refractivity contribution in [1.29, 1.82) is 0 Å². The molecule has 0 unspecified atom stereocenters. The second kappa shape index (κ2) is 8.93. The molecule has 0 N–H and O–H groups in total. The van der Waals surface area contributed by atoms with Crippen LogP contribution in [-0.2, 0) is 0 Å². The smallest absolute Gasteiger partial charge is 0.279 e. The van der Waals surface area contributed by atoms with Crippen LogP contribution in [0.4, 0.5) is 5.69 Å². The van der Waals surface area contributed by atoms with E-state index < -0.39 is 0 Å². The topological polar surface area (TPSA) is 53.0 Å². The third-order valence-corrected chi connectivity index (χ3v) is 8.02. The zero-order chi connectivity index (χ0) is 27.5. The predicted octanol–water partition coefficient (Wildman–Crippen LogP) is 9.46. The lowest BCUT2D eigenvalue weighted by Crippen LogP contribution is -2.06. The molecule has 0 spiro atoms. The van der Waals surface area contributed by atoms with E-state index in [2.05, 4.69) is 69.8 Å². The summed E-state index contributed by atoms with van der Waals surface area (Å²) in [5.41, 5.74) is 7.16. The lowest BCUT2D eigenvalue weighted by atomic mass is 10.0. The standard InChI is InChI=1S/C36H23N3O2/c40-39(41)34-23-36(38-32-20-10-6-16-27(32)28-17-7-11-21-33(28)38)35(22-29(34)24-12-2-1-3-13-24)37-30-18-8-4-14-25(30)26-15-5-9-19-31(26)37/h1-23H. The number of nitro benzene ring substituents is 1. The van der Waals surface area contributed by atoms with Crippen LogP contribution in [0.3, 0.4) is 0 Å². The van der Waals surface area contributed by atoms with Crippen molar-refractivity contribution in [3.05, 3.63) is 150 Å². The van der Waals surface area contributed by atoms with Crippen LogP contribution in [0.25, 0.3) is 66.1 Å². The minimum Gasteiger partial charge on any atom is -0.307 e. The van der Waals surface area contributed by atoms with Gasteiger partial charge in [0.05, 0.1) is 43.9 Å².